The molecule has 1 aromatic heterocycles. The largest absolute Gasteiger partial charge is 0.456 e. The summed E-state index contributed by atoms with van der Waals surface area (Å²) in [5.74, 6) is 0. The van der Waals surface area contributed by atoms with E-state index in [9.17, 15) is 0 Å². The first-order chi connectivity index (χ1) is 24.3. The van der Waals surface area contributed by atoms with Crippen LogP contribution < -0.4 is 0 Å². The second-order valence-corrected chi connectivity index (χ2v) is 12.8. The van der Waals surface area contributed by atoms with Gasteiger partial charge in [0, 0.05) is 10.8 Å². The first kappa shape index (κ1) is 27.7. The molecule has 0 aliphatic rings. The minimum absolute atomic E-state index is 0.909. The lowest BCUT2D eigenvalue weighted by molar-refractivity contribution is 0.669. The predicted molar refractivity (Wildman–Crippen MR) is 208 cm³/mol. The summed E-state index contributed by atoms with van der Waals surface area (Å²) in [6.45, 7) is 0. The third-order valence-corrected chi connectivity index (χ3v) is 10.1. The molecule has 0 spiro atoms. The molecule has 0 atom stereocenters. The number of fused-ring (bicyclic) bond motifs is 6. The van der Waals surface area contributed by atoms with Gasteiger partial charge in [0.05, 0.1) is 0 Å². The Morgan fingerprint density at radius 3 is 1.45 bits per heavy atom. The summed E-state index contributed by atoms with van der Waals surface area (Å²) < 4.78 is 6.39. The highest BCUT2D eigenvalue weighted by molar-refractivity contribution is 6.23. The summed E-state index contributed by atoms with van der Waals surface area (Å²) in [6.07, 6.45) is 0. The molecule has 0 aliphatic carbocycles. The van der Waals surface area contributed by atoms with Gasteiger partial charge in [-0.1, -0.05) is 158 Å². The molecule has 0 amide bonds. The van der Waals surface area contributed by atoms with E-state index in [1.54, 1.807) is 0 Å². The quantitative estimate of drug-likeness (QED) is 0.178. The molecule has 0 aliphatic heterocycles. The van der Waals surface area contributed by atoms with Crippen molar-refractivity contribution in [3.05, 3.63) is 182 Å². The standard InChI is InChI=1S/C48H30O/c1-2-12-31(13-3-1)32-22-24-33(25-23-32)37-16-6-7-17-38(37)48-41-20-10-8-18-39(41)47(40-19-9-11-21-42(40)48)36-26-27-45-43(29-36)44-28-34-14-4-5-15-35(34)30-46(44)49-45/h1-30H. The van der Waals surface area contributed by atoms with Crippen LogP contribution in [0.1, 0.15) is 0 Å². The molecule has 0 saturated carbocycles. The number of rotatable bonds is 4. The van der Waals surface area contributed by atoms with Crippen LogP contribution >= 0.6 is 0 Å². The normalized spacial score (nSPS) is 11.7. The fraction of sp³-hybridized carbons (Fsp3) is 0. The molecular formula is C48H30O. The molecule has 10 aromatic rings. The van der Waals surface area contributed by atoms with Gasteiger partial charge in [-0.3, -0.25) is 0 Å². The molecule has 0 N–H and O–H groups in total. The summed E-state index contributed by atoms with van der Waals surface area (Å²) >= 11 is 0. The summed E-state index contributed by atoms with van der Waals surface area (Å²) in [6, 6.07) is 65.8. The first-order valence-electron chi connectivity index (χ1n) is 16.8. The Bertz CT molecular complexity index is 2800. The summed E-state index contributed by atoms with van der Waals surface area (Å²) in [5.41, 5.74) is 11.6. The Kier molecular flexibility index (Phi) is 6.25. The minimum atomic E-state index is 0.909. The van der Waals surface area contributed by atoms with Crippen molar-refractivity contribution >= 4 is 54.3 Å². The van der Waals surface area contributed by atoms with Gasteiger partial charge in [-0.2, -0.15) is 0 Å². The third-order valence-electron chi connectivity index (χ3n) is 10.1. The summed E-state index contributed by atoms with van der Waals surface area (Å²) in [4.78, 5) is 0. The van der Waals surface area contributed by atoms with Crippen molar-refractivity contribution in [1.82, 2.24) is 0 Å². The summed E-state index contributed by atoms with van der Waals surface area (Å²) in [7, 11) is 0. The predicted octanol–water partition coefficient (Wildman–Crippen LogP) is 13.7. The van der Waals surface area contributed by atoms with Crippen molar-refractivity contribution in [2.45, 2.75) is 0 Å². The lowest BCUT2D eigenvalue weighted by Crippen LogP contribution is -1.92. The molecule has 228 valence electrons. The lowest BCUT2D eigenvalue weighted by Gasteiger charge is -2.20. The molecule has 10 rings (SSSR count). The van der Waals surface area contributed by atoms with Crippen molar-refractivity contribution in [2.75, 3.05) is 0 Å². The number of benzene rings is 9. The summed E-state index contributed by atoms with van der Waals surface area (Å²) in [5, 5.41) is 9.66. The monoisotopic (exact) mass is 622 g/mol. The topological polar surface area (TPSA) is 13.1 Å². The van der Waals surface area contributed by atoms with Gasteiger partial charge in [-0.25, -0.2) is 0 Å². The van der Waals surface area contributed by atoms with Crippen molar-refractivity contribution < 1.29 is 4.42 Å². The van der Waals surface area contributed by atoms with E-state index >= 15 is 0 Å². The zero-order valence-corrected chi connectivity index (χ0v) is 26.7. The lowest BCUT2D eigenvalue weighted by atomic mass is 9.83. The Labute approximate surface area is 284 Å². The van der Waals surface area contributed by atoms with Gasteiger partial charge >= 0.3 is 0 Å². The number of furan rings is 1. The van der Waals surface area contributed by atoms with Crippen LogP contribution in [0.5, 0.6) is 0 Å². The molecule has 0 unspecified atom stereocenters. The average molecular weight is 623 g/mol. The van der Waals surface area contributed by atoms with Crippen molar-refractivity contribution in [3.63, 3.8) is 0 Å². The van der Waals surface area contributed by atoms with Gasteiger partial charge in [0.15, 0.2) is 0 Å². The fourth-order valence-electron chi connectivity index (χ4n) is 7.77. The van der Waals surface area contributed by atoms with Crippen LogP contribution in [0.25, 0.3) is 98.8 Å². The van der Waals surface area contributed by atoms with Gasteiger partial charge in [0.25, 0.3) is 0 Å². The molecule has 0 bridgehead atoms. The SMILES string of the molecule is c1ccc(-c2ccc(-c3ccccc3-c3c4ccccc4c(-c4ccc5oc6cc7ccccc7cc6c5c4)c4ccccc34)cc2)cc1. The van der Waals surface area contributed by atoms with E-state index in [-0.39, 0.29) is 0 Å². The molecule has 1 heterocycles. The van der Waals surface area contributed by atoms with E-state index in [1.807, 2.05) is 0 Å². The molecule has 0 radical (unpaired) electrons. The maximum absolute atomic E-state index is 6.39. The maximum Gasteiger partial charge on any atom is 0.136 e. The smallest absolute Gasteiger partial charge is 0.136 e. The molecule has 1 nitrogen and oxygen atoms in total. The number of hydrogen-bond donors (Lipinski definition) is 0. The molecule has 0 saturated heterocycles. The third kappa shape index (κ3) is 4.47. The van der Waals surface area contributed by atoms with Gasteiger partial charge in [-0.15, -0.1) is 0 Å². The second kappa shape index (κ2) is 11.1. The van der Waals surface area contributed by atoms with Crippen LogP contribution in [0, 0.1) is 0 Å². The Morgan fingerprint density at radius 1 is 0.265 bits per heavy atom. The first-order valence-corrected chi connectivity index (χ1v) is 16.8. The zero-order valence-electron chi connectivity index (χ0n) is 26.7. The van der Waals surface area contributed by atoms with Crippen molar-refractivity contribution in [1.29, 1.82) is 0 Å². The van der Waals surface area contributed by atoms with Gasteiger partial charge in [-0.05, 0) is 101 Å². The van der Waals surface area contributed by atoms with E-state index in [1.165, 1.54) is 76.8 Å². The van der Waals surface area contributed by atoms with Crippen LogP contribution in [-0.2, 0) is 0 Å². The number of hydrogen-bond acceptors (Lipinski definition) is 1. The van der Waals surface area contributed by atoms with Gasteiger partial charge < -0.3 is 4.42 Å². The van der Waals surface area contributed by atoms with Crippen LogP contribution in [0.2, 0.25) is 0 Å². The highest BCUT2D eigenvalue weighted by atomic mass is 16.3. The van der Waals surface area contributed by atoms with Gasteiger partial charge in [0.2, 0.25) is 0 Å². The fourth-order valence-corrected chi connectivity index (χ4v) is 7.77. The Morgan fingerprint density at radius 2 is 0.755 bits per heavy atom. The van der Waals surface area contributed by atoms with Crippen molar-refractivity contribution in [3.8, 4) is 44.5 Å². The van der Waals surface area contributed by atoms with E-state index in [0.717, 1.165) is 21.9 Å². The molecular weight excluding hydrogens is 593 g/mol. The zero-order chi connectivity index (χ0) is 32.3. The molecule has 1 heteroatoms. The van der Waals surface area contributed by atoms with E-state index in [2.05, 4.69) is 182 Å². The Balaban J connectivity index is 1.20. The van der Waals surface area contributed by atoms with Crippen LogP contribution in [0.15, 0.2) is 186 Å². The molecule has 0 fully saturated rings. The van der Waals surface area contributed by atoms with Crippen LogP contribution in [0.3, 0.4) is 0 Å². The average Bonchev–Trinajstić information content (AvgIpc) is 3.53. The molecule has 49 heavy (non-hydrogen) atoms. The van der Waals surface area contributed by atoms with E-state index < -0.39 is 0 Å². The Hall–Kier alpha value is -6.44. The maximum atomic E-state index is 6.39. The highest BCUT2D eigenvalue weighted by Crippen LogP contribution is 2.47. The van der Waals surface area contributed by atoms with Crippen molar-refractivity contribution in [2.24, 2.45) is 0 Å². The molecule has 9 aromatic carbocycles. The minimum Gasteiger partial charge on any atom is -0.456 e. The second-order valence-electron chi connectivity index (χ2n) is 12.8. The van der Waals surface area contributed by atoms with E-state index in [4.69, 9.17) is 4.42 Å². The van der Waals surface area contributed by atoms with Gasteiger partial charge in [0.1, 0.15) is 11.2 Å². The van der Waals surface area contributed by atoms with Crippen LogP contribution in [-0.4, -0.2) is 0 Å². The van der Waals surface area contributed by atoms with E-state index in [0.29, 0.717) is 0 Å². The van der Waals surface area contributed by atoms with Crippen LogP contribution in [0.4, 0.5) is 0 Å². The highest BCUT2D eigenvalue weighted by Gasteiger charge is 2.20.